The average Bonchev–Trinajstić information content (AvgIpc) is 2.39. The maximum Gasteiger partial charge on any atom is 0.221 e. The van der Waals surface area contributed by atoms with Gasteiger partial charge >= 0.3 is 0 Å². The first kappa shape index (κ1) is 11.9. The Hall–Kier alpha value is -1.62. The average molecular weight is 234 g/mol. The Morgan fingerprint density at radius 3 is 3.06 bits per heavy atom. The minimum atomic E-state index is 0.627. The van der Waals surface area contributed by atoms with Crippen LogP contribution in [0.2, 0.25) is 0 Å². The number of hydrogen-bond donors (Lipinski definition) is 2. The van der Waals surface area contributed by atoms with Crippen LogP contribution in [-0.4, -0.2) is 36.7 Å². The molecule has 2 rings (SSSR count). The molecule has 0 atom stereocenters. The maximum atomic E-state index is 5.16. The van der Waals surface area contributed by atoms with E-state index in [2.05, 4.69) is 26.7 Å². The fraction of sp³-hybridized carbons (Fsp3) is 0.500. The molecule has 1 aromatic rings. The largest absolute Gasteiger partial charge is 0.481 e. The summed E-state index contributed by atoms with van der Waals surface area (Å²) in [4.78, 5) is 8.28. The summed E-state index contributed by atoms with van der Waals surface area (Å²) in [5.41, 5.74) is 2.37. The quantitative estimate of drug-likeness (QED) is 0.765. The van der Waals surface area contributed by atoms with Gasteiger partial charge in [0.05, 0.1) is 12.7 Å². The Morgan fingerprint density at radius 1 is 1.47 bits per heavy atom. The van der Waals surface area contributed by atoms with E-state index in [9.17, 15) is 0 Å². The predicted octanol–water partition coefficient (Wildman–Crippen LogP) is 1.13. The van der Waals surface area contributed by atoms with Gasteiger partial charge in [0.2, 0.25) is 5.88 Å². The highest BCUT2D eigenvalue weighted by Crippen LogP contribution is 2.20. The Bertz CT molecular complexity index is 417. The van der Waals surface area contributed by atoms with Crippen LogP contribution in [0.3, 0.4) is 0 Å². The Balaban J connectivity index is 2.01. The molecule has 1 aliphatic heterocycles. The lowest BCUT2D eigenvalue weighted by Crippen LogP contribution is -2.23. The number of methoxy groups -OCH3 is 1. The van der Waals surface area contributed by atoms with Gasteiger partial charge in [-0.2, -0.15) is 0 Å². The number of anilines is 1. The minimum Gasteiger partial charge on any atom is -0.481 e. The molecule has 0 radical (unpaired) electrons. The molecule has 0 aromatic carbocycles. The van der Waals surface area contributed by atoms with Crippen molar-refractivity contribution in [1.29, 1.82) is 0 Å². The van der Waals surface area contributed by atoms with Crippen LogP contribution < -0.4 is 15.4 Å². The Labute approximate surface area is 101 Å². The summed E-state index contributed by atoms with van der Waals surface area (Å²) in [5, 5.41) is 6.62. The number of rotatable bonds is 4. The molecule has 0 fully saturated rings. The van der Waals surface area contributed by atoms with Crippen LogP contribution >= 0.6 is 0 Å². The van der Waals surface area contributed by atoms with Crippen molar-refractivity contribution in [2.75, 3.05) is 32.1 Å². The van der Waals surface area contributed by atoms with Crippen LogP contribution in [0, 0.1) is 6.92 Å². The first-order valence-corrected chi connectivity index (χ1v) is 5.79. The highest BCUT2D eigenvalue weighted by molar-refractivity contribution is 5.48. The van der Waals surface area contributed by atoms with Crippen molar-refractivity contribution in [3.05, 3.63) is 23.5 Å². The van der Waals surface area contributed by atoms with Crippen molar-refractivity contribution in [3.8, 4) is 5.88 Å². The van der Waals surface area contributed by atoms with Gasteiger partial charge in [-0.25, -0.2) is 9.97 Å². The highest BCUT2D eigenvalue weighted by atomic mass is 16.5. The number of nitrogens with one attached hydrogen (secondary N) is 2. The molecule has 1 aromatic heterocycles. The first-order valence-electron chi connectivity index (χ1n) is 5.79. The van der Waals surface area contributed by atoms with E-state index in [1.807, 2.05) is 6.92 Å². The third-order valence-corrected chi connectivity index (χ3v) is 2.87. The van der Waals surface area contributed by atoms with E-state index in [1.54, 1.807) is 7.11 Å². The van der Waals surface area contributed by atoms with Gasteiger partial charge in [0, 0.05) is 13.1 Å². The zero-order valence-corrected chi connectivity index (χ0v) is 10.3. The zero-order chi connectivity index (χ0) is 12.1. The Morgan fingerprint density at radius 2 is 2.35 bits per heavy atom. The highest BCUT2D eigenvalue weighted by Gasteiger charge is 2.08. The second kappa shape index (κ2) is 5.63. The molecule has 0 aliphatic carbocycles. The molecule has 17 heavy (non-hydrogen) atoms. The van der Waals surface area contributed by atoms with Crippen molar-refractivity contribution >= 4 is 5.82 Å². The number of ether oxygens (including phenoxy) is 1. The van der Waals surface area contributed by atoms with Gasteiger partial charge in [-0.05, 0) is 19.9 Å². The second-order valence-electron chi connectivity index (χ2n) is 4.03. The van der Waals surface area contributed by atoms with E-state index >= 15 is 0 Å². The summed E-state index contributed by atoms with van der Waals surface area (Å²) >= 11 is 0. The molecule has 5 heteroatoms. The number of nitrogens with zero attached hydrogens (tertiary/aromatic N) is 2. The fourth-order valence-electron chi connectivity index (χ4n) is 1.85. The second-order valence-corrected chi connectivity index (χ2v) is 4.03. The van der Waals surface area contributed by atoms with E-state index in [0.717, 1.165) is 37.4 Å². The van der Waals surface area contributed by atoms with Gasteiger partial charge in [-0.3, -0.25) is 0 Å². The molecule has 0 amide bonds. The predicted molar refractivity (Wildman–Crippen MR) is 67.4 cm³/mol. The standard InChI is InChI=1S/C12H18N4O/c1-9-11(15-8-16-12(9)17-2)14-7-10-3-5-13-6-4-10/h3,8,13H,4-7H2,1-2H3,(H,14,15,16). The lowest BCUT2D eigenvalue weighted by Gasteiger charge is -2.16. The molecule has 92 valence electrons. The molecule has 1 aliphatic rings. The van der Waals surface area contributed by atoms with Gasteiger partial charge in [-0.1, -0.05) is 11.6 Å². The lowest BCUT2D eigenvalue weighted by atomic mass is 10.1. The van der Waals surface area contributed by atoms with Crippen LogP contribution in [0.25, 0.3) is 0 Å². The van der Waals surface area contributed by atoms with E-state index in [1.165, 1.54) is 11.9 Å². The number of hydrogen-bond acceptors (Lipinski definition) is 5. The van der Waals surface area contributed by atoms with Crippen molar-refractivity contribution in [2.45, 2.75) is 13.3 Å². The summed E-state index contributed by atoms with van der Waals surface area (Å²) in [7, 11) is 1.62. The molecular formula is C12H18N4O. The molecule has 2 heterocycles. The summed E-state index contributed by atoms with van der Waals surface area (Å²) in [6.07, 6.45) is 4.84. The third-order valence-electron chi connectivity index (χ3n) is 2.87. The van der Waals surface area contributed by atoms with Gasteiger partial charge in [0.1, 0.15) is 12.1 Å². The monoisotopic (exact) mass is 234 g/mol. The van der Waals surface area contributed by atoms with Crippen LogP contribution in [0.15, 0.2) is 18.0 Å². The molecule has 2 N–H and O–H groups in total. The zero-order valence-electron chi connectivity index (χ0n) is 10.3. The molecule has 0 saturated carbocycles. The van der Waals surface area contributed by atoms with Gasteiger partial charge in [0.15, 0.2) is 0 Å². The summed E-state index contributed by atoms with van der Waals surface area (Å²) in [6.45, 7) is 4.81. The van der Waals surface area contributed by atoms with Gasteiger partial charge in [0.25, 0.3) is 0 Å². The topological polar surface area (TPSA) is 59.1 Å². The van der Waals surface area contributed by atoms with E-state index in [0.29, 0.717) is 5.88 Å². The SMILES string of the molecule is COc1ncnc(NCC2=CCNCC2)c1C. The first-order chi connectivity index (χ1) is 8.31. The molecule has 0 saturated heterocycles. The minimum absolute atomic E-state index is 0.627. The maximum absolute atomic E-state index is 5.16. The van der Waals surface area contributed by atoms with Crippen molar-refractivity contribution in [1.82, 2.24) is 15.3 Å². The molecule has 0 bridgehead atoms. The normalized spacial score (nSPS) is 15.3. The number of aromatic nitrogens is 2. The molecular weight excluding hydrogens is 216 g/mol. The molecule has 0 unspecified atom stereocenters. The fourth-order valence-corrected chi connectivity index (χ4v) is 1.85. The van der Waals surface area contributed by atoms with Crippen molar-refractivity contribution in [3.63, 3.8) is 0 Å². The van der Waals surface area contributed by atoms with E-state index < -0.39 is 0 Å². The van der Waals surface area contributed by atoms with Crippen LogP contribution in [0.1, 0.15) is 12.0 Å². The Kier molecular flexibility index (Phi) is 3.93. The molecule has 0 spiro atoms. The van der Waals surface area contributed by atoms with Crippen LogP contribution in [-0.2, 0) is 0 Å². The van der Waals surface area contributed by atoms with Crippen LogP contribution in [0.5, 0.6) is 5.88 Å². The summed E-state index contributed by atoms with van der Waals surface area (Å²) in [6, 6.07) is 0. The van der Waals surface area contributed by atoms with Gasteiger partial charge < -0.3 is 15.4 Å². The van der Waals surface area contributed by atoms with Crippen molar-refractivity contribution in [2.24, 2.45) is 0 Å². The lowest BCUT2D eigenvalue weighted by molar-refractivity contribution is 0.393. The summed E-state index contributed by atoms with van der Waals surface area (Å²) < 4.78 is 5.16. The third kappa shape index (κ3) is 2.94. The molecule has 5 nitrogen and oxygen atoms in total. The smallest absolute Gasteiger partial charge is 0.221 e. The van der Waals surface area contributed by atoms with E-state index in [4.69, 9.17) is 4.74 Å². The van der Waals surface area contributed by atoms with Crippen LogP contribution in [0.4, 0.5) is 5.82 Å². The summed E-state index contributed by atoms with van der Waals surface area (Å²) in [5.74, 6) is 1.47. The van der Waals surface area contributed by atoms with Gasteiger partial charge in [-0.15, -0.1) is 0 Å². The van der Waals surface area contributed by atoms with E-state index in [-0.39, 0.29) is 0 Å². The van der Waals surface area contributed by atoms with Crippen molar-refractivity contribution < 1.29 is 4.74 Å².